The molecule has 0 unspecified atom stereocenters. The third-order valence-electron chi connectivity index (χ3n) is 5.16. The summed E-state index contributed by atoms with van der Waals surface area (Å²) in [5.74, 6) is 1.22. The van der Waals surface area contributed by atoms with Crippen molar-refractivity contribution in [1.29, 1.82) is 0 Å². The lowest BCUT2D eigenvalue weighted by Crippen LogP contribution is -2.29. The van der Waals surface area contributed by atoms with Gasteiger partial charge in [0.1, 0.15) is 18.2 Å². The number of fused-ring (bicyclic) bond motifs is 1. The van der Waals surface area contributed by atoms with Crippen LogP contribution in [0.15, 0.2) is 82.4 Å². The predicted octanol–water partition coefficient (Wildman–Crippen LogP) is 8.21. The molecule has 4 aromatic rings. The first kappa shape index (κ1) is 26.3. The number of halogens is 4. The minimum Gasteiger partial charge on any atom is -0.488 e. The fraction of sp³-hybridized carbons (Fsp3) is 0.192. The Hall–Kier alpha value is -1.81. The minimum atomic E-state index is -0.401. The van der Waals surface area contributed by atoms with Gasteiger partial charge in [0.2, 0.25) is 0 Å². The third kappa shape index (κ3) is 6.13. The number of aromatic nitrogens is 2. The van der Waals surface area contributed by atoms with Gasteiger partial charge in [-0.3, -0.25) is 4.79 Å². The van der Waals surface area contributed by atoms with E-state index < -0.39 is 5.41 Å². The Balaban J connectivity index is 1.75. The zero-order chi connectivity index (χ0) is 25.3. The van der Waals surface area contributed by atoms with Gasteiger partial charge in [-0.15, -0.1) is 0 Å². The van der Waals surface area contributed by atoms with Crippen molar-refractivity contribution in [2.24, 2.45) is 5.10 Å². The second-order valence-corrected chi connectivity index (χ2v) is 12.5. The quantitative estimate of drug-likeness (QED) is 0.195. The van der Waals surface area contributed by atoms with Crippen LogP contribution in [-0.2, 0) is 12.0 Å². The summed E-state index contributed by atoms with van der Waals surface area (Å²) in [6.45, 7) is 6.40. The Bertz CT molecular complexity index is 1510. The molecule has 180 valence electrons. The molecule has 0 bridgehead atoms. The first-order chi connectivity index (χ1) is 16.5. The smallest absolute Gasteiger partial charge is 0.282 e. The molecule has 9 heteroatoms. The molecule has 3 aromatic carbocycles. The lowest BCUT2D eigenvalue weighted by atomic mass is 9.95. The number of ether oxygens (including phenoxy) is 1. The number of hydrogen-bond acceptors (Lipinski definition) is 4. The molecule has 0 radical (unpaired) electrons. The fourth-order valence-electron chi connectivity index (χ4n) is 3.41. The maximum absolute atomic E-state index is 13.4. The molecule has 0 spiro atoms. The molecule has 5 nitrogen and oxygen atoms in total. The van der Waals surface area contributed by atoms with Gasteiger partial charge in [-0.1, -0.05) is 90.6 Å². The Labute approximate surface area is 237 Å². The van der Waals surface area contributed by atoms with Gasteiger partial charge in [-0.05, 0) is 48.5 Å². The highest BCUT2D eigenvalue weighted by atomic mass is 79.9. The molecule has 0 saturated heterocycles. The molecule has 35 heavy (non-hydrogen) atoms. The van der Waals surface area contributed by atoms with Crippen LogP contribution in [0.5, 0.6) is 5.75 Å². The van der Waals surface area contributed by atoms with Gasteiger partial charge in [-0.25, -0.2) is 4.98 Å². The van der Waals surface area contributed by atoms with E-state index in [0.29, 0.717) is 29.1 Å². The summed E-state index contributed by atoms with van der Waals surface area (Å²) in [7, 11) is 0. The van der Waals surface area contributed by atoms with E-state index in [2.05, 4.69) is 68.8 Å². The van der Waals surface area contributed by atoms with Crippen molar-refractivity contribution >= 4 is 80.8 Å². The van der Waals surface area contributed by atoms with E-state index in [1.165, 1.54) is 4.68 Å². The van der Waals surface area contributed by atoms with E-state index in [1.54, 1.807) is 12.3 Å². The van der Waals surface area contributed by atoms with E-state index in [4.69, 9.17) is 9.72 Å². The van der Waals surface area contributed by atoms with E-state index in [1.807, 2.05) is 69.3 Å². The highest BCUT2D eigenvalue weighted by Gasteiger charge is 2.23. The van der Waals surface area contributed by atoms with E-state index in [-0.39, 0.29) is 5.56 Å². The number of benzene rings is 3. The number of hydrogen-bond donors (Lipinski definition) is 0. The highest BCUT2D eigenvalue weighted by Crippen LogP contribution is 2.27. The average Bonchev–Trinajstić information content (AvgIpc) is 2.78. The molecule has 0 amide bonds. The SMILES string of the molecule is CC(C)(C)c1nc2ccc(Br)cc2c(=O)n1N=Cc1cc(Br)ccc1OCc1ccc(Br)cc1Br. The molecule has 1 heterocycles. The summed E-state index contributed by atoms with van der Waals surface area (Å²) in [5.41, 5.74) is 1.75. The fourth-order valence-corrected chi connectivity index (χ4v) is 5.31. The molecule has 0 aliphatic heterocycles. The number of rotatable bonds is 5. The Morgan fingerprint density at radius 1 is 0.943 bits per heavy atom. The van der Waals surface area contributed by atoms with Crippen molar-refractivity contribution in [3.05, 3.63) is 99.8 Å². The van der Waals surface area contributed by atoms with Gasteiger partial charge in [-0.2, -0.15) is 9.78 Å². The normalized spacial score (nSPS) is 12.0. The monoisotopic (exact) mass is 723 g/mol. The molecule has 0 N–H and O–H groups in total. The predicted molar refractivity (Wildman–Crippen MR) is 156 cm³/mol. The Morgan fingerprint density at radius 2 is 1.60 bits per heavy atom. The van der Waals surface area contributed by atoms with Crippen molar-refractivity contribution in [2.75, 3.05) is 0 Å². The van der Waals surface area contributed by atoms with Crippen LogP contribution >= 0.6 is 63.7 Å². The van der Waals surface area contributed by atoms with E-state index in [0.717, 1.165) is 29.0 Å². The summed E-state index contributed by atoms with van der Waals surface area (Å²) in [6, 6.07) is 17.1. The standard InChI is InChI=1S/C26H21Br4N3O2/c1-26(2,3)25-32-22-8-6-18(28)11-20(22)24(34)33(25)31-13-16-10-17(27)7-9-23(16)35-14-15-4-5-19(29)12-21(15)30/h4-13H,14H2,1-3H3. The van der Waals surface area contributed by atoms with Crippen molar-refractivity contribution in [2.45, 2.75) is 32.8 Å². The van der Waals surface area contributed by atoms with Crippen LogP contribution in [0.2, 0.25) is 0 Å². The van der Waals surface area contributed by atoms with Crippen molar-refractivity contribution in [1.82, 2.24) is 9.66 Å². The van der Waals surface area contributed by atoms with Crippen molar-refractivity contribution < 1.29 is 4.74 Å². The third-order valence-corrected chi connectivity index (χ3v) is 7.38. The molecule has 0 fully saturated rings. The average molecular weight is 727 g/mol. The van der Waals surface area contributed by atoms with Crippen LogP contribution in [0.3, 0.4) is 0 Å². The second kappa shape index (κ2) is 10.7. The largest absolute Gasteiger partial charge is 0.488 e. The summed E-state index contributed by atoms with van der Waals surface area (Å²) < 4.78 is 11.1. The highest BCUT2D eigenvalue weighted by molar-refractivity contribution is 9.11. The zero-order valence-electron chi connectivity index (χ0n) is 19.2. The molecule has 0 saturated carbocycles. The second-order valence-electron chi connectivity index (χ2n) is 8.91. The van der Waals surface area contributed by atoms with Crippen LogP contribution in [0.1, 0.15) is 37.7 Å². The summed E-state index contributed by atoms with van der Waals surface area (Å²) >= 11 is 14.0. The molecule has 1 aromatic heterocycles. The van der Waals surface area contributed by atoms with Crippen LogP contribution in [0.4, 0.5) is 0 Å². The Morgan fingerprint density at radius 3 is 2.31 bits per heavy atom. The first-order valence-electron chi connectivity index (χ1n) is 10.7. The van der Waals surface area contributed by atoms with Crippen LogP contribution in [-0.4, -0.2) is 15.9 Å². The lowest BCUT2D eigenvalue weighted by Gasteiger charge is -2.21. The summed E-state index contributed by atoms with van der Waals surface area (Å²) in [5, 5.41) is 5.09. The summed E-state index contributed by atoms with van der Waals surface area (Å²) in [4.78, 5) is 18.2. The van der Waals surface area contributed by atoms with Gasteiger partial charge in [0.25, 0.3) is 5.56 Å². The van der Waals surface area contributed by atoms with Gasteiger partial charge < -0.3 is 4.74 Å². The molecule has 4 rings (SSSR count). The van der Waals surface area contributed by atoms with Gasteiger partial charge in [0, 0.05) is 34.4 Å². The van der Waals surface area contributed by atoms with Crippen LogP contribution in [0, 0.1) is 0 Å². The number of nitrogens with zero attached hydrogens (tertiary/aromatic N) is 3. The van der Waals surface area contributed by atoms with E-state index in [9.17, 15) is 4.79 Å². The lowest BCUT2D eigenvalue weighted by molar-refractivity contribution is 0.305. The first-order valence-corrected chi connectivity index (χ1v) is 13.8. The maximum Gasteiger partial charge on any atom is 0.282 e. The van der Waals surface area contributed by atoms with E-state index >= 15 is 0 Å². The molecule has 0 aliphatic rings. The summed E-state index contributed by atoms with van der Waals surface area (Å²) in [6.07, 6.45) is 1.64. The molecular weight excluding hydrogens is 706 g/mol. The topological polar surface area (TPSA) is 56.5 Å². The molecular formula is C26H21Br4N3O2. The molecule has 0 aliphatic carbocycles. The maximum atomic E-state index is 13.4. The molecule has 0 atom stereocenters. The van der Waals surface area contributed by atoms with Gasteiger partial charge in [0.15, 0.2) is 0 Å². The van der Waals surface area contributed by atoms with Crippen molar-refractivity contribution in [3.8, 4) is 5.75 Å². The van der Waals surface area contributed by atoms with Gasteiger partial charge in [0.05, 0.1) is 17.1 Å². The van der Waals surface area contributed by atoms with Crippen molar-refractivity contribution in [3.63, 3.8) is 0 Å². The van der Waals surface area contributed by atoms with Crippen LogP contribution in [0.25, 0.3) is 10.9 Å². The van der Waals surface area contributed by atoms with Gasteiger partial charge >= 0.3 is 0 Å². The zero-order valence-corrected chi connectivity index (χ0v) is 25.5. The Kier molecular flexibility index (Phi) is 8.00. The van der Waals surface area contributed by atoms with Crippen LogP contribution < -0.4 is 10.3 Å². The minimum absolute atomic E-state index is 0.228.